The van der Waals surface area contributed by atoms with Gasteiger partial charge >= 0.3 is 12.1 Å². The summed E-state index contributed by atoms with van der Waals surface area (Å²) in [6, 6.07) is 0. The fourth-order valence-electron chi connectivity index (χ4n) is 1.95. The largest absolute Gasteiger partial charge is 0.477 e. The van der Waals surface area contributed by atoms with E-state index in [9.17, 15) is 18.0 Å². The van der Waals surface area contributed by atoms with E-state index in [1.54, 1.807) is 6.92 Å². The molecule has 1 N–H and O–H groups in total. The molecule has 21 heavy (non-hydrogen) atoms. The number of aryl methyl sites for hydroxylation is 1. The number of aromatic nitrogens is 2. The van der Waals surface area contributed by atoms with E-state index in [4.69, 9.17) is 5.11 Å². The van der Waals surface area contributed by atoms with Crippen LogP contribution in [0.15, 0.2) is 6.33 Å². The maximum atomic E-state index is 12.3. The van der Waals surface area contributed by atoms with Crippen molar-refractivity contribution >= 4 is 33.3 Å². The summed E-state index contributed by atoms with van der Waals surface area (Å²) in [6.07, 6.45) is -4.00. The Hall–Kier alpha value is -1.90. The van der Waals surface area contributed by atoms with Crippen LogP contribution in [0.1, 0.15) is 21.7 Å². The van der Waals surface area contributed by atoms with Crippen molar-refractivity contribution in [3.63, 3.8) is 0 Å². The fourth-order valence-corrected chi connectivity index (χ4v) is 2.93. The maximum Gasteiger partial charge on any atom is 0.390 e. The lowest BCUT2D eigenvalue weighted by atomic mass is 10.2. The standard InChI is InChI=1S/C12H12F3N3O2S/c1-6-7-9(18(2)4-3-12(13,14)15)16-5-17-10(7)21-8(6)11(19)20/h5H,3-4H2,1-2H3,(H,19,20). The summed E-state index contributed by atoms with van der Waals surface area (Å²) >= 11 is 0.988. The number of carboxylic acids is 1. The molecule has 0 spiro atoms. The number of carboxylic acid groups (broad SMARTS) is 1. The minimum Gasteiger partial charge on any atom is -0.477 e. The topological polar surface area (TPSA) is 66.3 Å². The SMILES string of the molecule is Cc1c(C(=O)O)sc2ncnc(N(C)CCC(F)(F)F)c12. The maximum absolute atomic E-state index is 12.3. The highest BCUT2D eigenvalue weighted by molar-refractivity contribution is 7.20. The number of aromatic carboxylic acids is 1. The second kappa shape index (κ2) is 5.47. The normalized spacial score (nSPS) is 11.9. The zero-order valence-electron chi connectivity index (χ0n) is 11.2. The quantitative estimate of drug-likeness (QED) is 0.938. The Morgan fingerprint density at radius 1 is 1.43 bits per heavy atom. The van der Waals surface area contributed by atoms with Crippen LogP contribution in [-0.2, 0) is 0 Å². The van der Waals surface area contributed by atoms with Crippen LogP contribution in [0.5, 0.6) is 0 Å². The molecule has 0 atom stereocenters. The summed E-state index contributed by atoms with van der Waals surface area (Å²) in [5.74, 6) is -0.773. The first-order chi connectivity index (χ1) is 9.70. The monoisotopic (exact) mass is 319 g/mol. The number of carbonyl (C=O) groups is 1. The number of thiophene rings is 1. The van der Waals surface area contributed by atoms with Gasteiger partial charge in [0, 0.05) is 13.6 Å². The smallest absolute Gasteiger partial charge is 0.390 e. The predicted molar refractivity (Wildman–Crippen MR) is 73.1 cm³/mol. The van der Waals surface area contributed by atoms with Crippen LogP contribution < -0.4 is 4.90 Å². The third kappa shape index (κ3) is 3.23. The minimum absolute atomic E-state index is 0.121. The van der Waals surface area contributed by atoms with Crippen molar-refractivity contribution in [2.45, 2.75) is 19.5 Å². The van der Waals surface area contributed by atoms with Crippen molar-refractivity contribution in [1.82, 2.24) is 9.97 Å². The molecule has 2 aromatic rings. The number of anilines is 1. The van der Waals surface area contributed by atoms with Crippen molar-refractivity contribution in [3.8, 4) is 0 Å². The summed E-state index contributed by atoms with van der Waals surface area (Å²) in [7, 11) is 1.49. The van der Waals surface area contributed by atoms with Gasteiger partial charge in [-0.25, -0.2) is 14.8 Å². The molecular weight excluding hydrogens is 307 g/mol. The average molecular weight is 319 g/mol. The number of nitrogens with zero attached hydrogens (tertiary/aromatic N) is 3. The Morgan fingerprint density at radius 3 is 2.67 bits per heavy atom. The number of fused-ring (bicyclic) bond motifs is 1. The van der Waals surface area contributed by atoms with E-state index in [2.05, 4.69) is 9.97 Å². The number of halogens is 3. The number of rotatable bonds is 4. The molecule has 2 heterocycles. The molecule has 0 aromatic carbocycles. The Kier molecular flexibility index (Phi) is 4.04. The molecule has 0 saturated heterocycles. The van der Waals surface area contributed by atoms with E-state index < -0.39 is 18.6 Å². The van der Waals surface area contributed by atoms with E-state index in [0.717, 1.165) is 11.3 Å². The zero-order chi connectivity index (χ0) is 15.8. The average Bonchev–Trinajstić information content (AvgIpc) is 2.73. The number of hydrogen-bond acceptors (Lipinski definition) is 5. The van der Waals surface area contributed by atoms with Crippen LogP contribution in [0.3, 0.4) is 0 Å². The van der Waals surface area contributed by atoms with E-state index in [1.807, 2.05) is 0 Å². The van der Waals surface area contributed by atoms with E-state index >= 15 is 0 Å². The first-order valence-electron chi connectivity index (χ1n) is 5.96. The second-order valence-corrected chi connectivity index (χ2v) is 5.52. The molecule has 0 radical (unpaired) electrons. The number of hydrogen-bond donors (Lipinski definition) is 1. The fraction of sp³-hybridized carbons (Fsp3) is 0.417. The summed E-state index contributed by atoms with van der Waals surface area (Å²) in [6.45, 7) is 1.35. The van der Waals surface area contributed by atoms with Crippen LogP contribution in [-0.4, -0.2) is 40.8 Å². The van der Waals surface area contributed by atoms with E-state index in [-0.39, 0.29) is 11.4 Å². The molecule has 0 fully saturated rings. The summed E-state index contributed by atoms with van der Waals surface area (Å²) < 4.78 is 36.9. The van der Waals surface area contributed by atoms with Crippen LogP contribution in [0.2, 0.25) is 0 Å². The lowest BCUT2D eigenvalue weighted by Crippen LogP contribution is -2.25. The van der Waals surface area contributed by atoms with Crippen LogP contribution >= 0.6 is 11.3 Å². The van der Waals surface area contributed by atoms with Crippen molar-refractivity contribution in [3.05, 3.63) is 16.8 Å². The molecule has 0 aliphatic heterocycles. The Labute approximate surface area is 122 Å². The van der Waals surface area contributed by atoms with Crippen molar-refractivity contribution in [2.24, 2.45) is 0 Å². The van der Waals surface area contributed by atoms with Crippen molar-refractivity contribution < 1.29 is 23.1 Å². The first kappa shape index (κ1) is 15.5. The molecule has 0 bridgehead atoms. The van der Waals surface area contributed by atoms with Gasteiger partial charge < -0.3 is 10.0 Å². The summed E-state index contributed by atoms with van der Waals surface area (Å²) in [5.41, 5.74) is 0.469. The highest BCUT2D eigenvalue weighted by Crippen LogP contribution is 2.34. The first-order valence-corrected chi connectivity index (χ1v) is 6.77. The molecule has 0 unspecified atom stereocenters. The van der Waals surface area contributed by atoms with Gasteiger partial charge in [0.15, 0.2) is 0 Å². The lowest BCUT2D eigenvalue weighted by Gasteiger charge is -2.19. The molecule has 2 rings (SSSR count). The molecular formula is C12H12F3N3O2S. The predicted octanol–water partition coefficient (Wildman–Crippen LogP) is 3.09. The van der Waals surface area contributed by atoms with Crippen molar-refractivity contribution in [1.29, 1.82) is 0 Å². The van der Waals surface area contributed by atoms with E-state index in [1.165, 1.54) is 18.3 Å². The van der Waals surface area contributed by atoms with Crippen LogP contribution in [0, 0.1) is 6.92 Å². The van der Waals surface area contributed by atoms with Gasteiger partial charge in [-0.2, -0.15) is 13.2 Å². The molecule has 0 amide bonds. The molecule has 9 heteroatoms. The molecule has 2 aromatic heterocycles. The van der Waals surface area contributed by atoms with Crippen molar-refractivity contribution in [2.75, 3.05) is 18.5 Å². The van der Waals surface area contributed by atoms with Gasteiger partial charge in [0.2, 0.25) is 0 Å². The van der Waals surface area contributed by atoms with E-state index in [0.29, 0.717) is 21.6 Å². The van der Waals surface area contributed by atoms with Gasteiger partial charge in [-0.1, -0.05) is 0 Å². The molecule has 0 aliphatic carbocycles. The van der Waals surface area contributed by atoms with Gasteiger partial charge in [-0.05, 0) is 12.5 Å². The molecule has 114 valence electrons. The van der Waals surface area contributed by atoms with Gasteiger partial charge in [0.05, 0.1) is 11.8 Å². The highest BCUT2D eigenvalue weighted by Gasteiger charge is 2.28. The van der Waals surface area contributed by atoms with Crippen LogP contribution in [0.4, 0.5) is 19.0 Å². The Morgan fingerprint density at radius 2 is 2.10 bits per heavy atom. The van der Waals surface area contributed by atoms with Gasteiger partial charge in [0.1, 0.15) is 21.9 Å². The minimum atomic E-state index is -4.25. The third-order valence-corrected chi connectivity index (χ3v) is 4.18. The molecule has 0 aliphatic rings. The zero-order valence-corrected chi connectivity index (χ0v) is 12.0. The molecule has 5 nitrogen and oxygen atoms in total. The Bertz CT molecular complexity index is 684. The summed E-state index contributed by atoms with van der Waals surface area (Å²) in [4.78, 5) is 21.1. The summed E-state index contributed by atoms with van der Waals surface area (Å²) in [5, 5.41) is 9.60. The lowest BCUT2D eigenvalue weighted by molar-refractivity contribution is -0.132. The molecule has 0 saturated carbocycles. The number of alkyl halides is 3. The Balaban J connectivity index is 2.42. The van der Waals surface area contributed by atoms with Gasteiger partial charge in [-0.3, -0.25) is 0 Å². The van der Waals surface area contributed by atoms with Crippen LogP contribution in [0.25, 0.3) is 10.2 Å². The second-order valence-electron chi connectivity index (χ2n) is 4.53. The highest BCUT2D eigenvalue weighted by atomic mass is 32.1. The van der Waals surface area contributed by atoms with Gasteiger partial charge in [0.25, 0.3) is 0 Å². The van der Waals surface area contributed by atoms with Gasteiger partial charge in [-0.15, -0.1) is 11.3 Å². The third-order valence-electron chi connectivity index (χ3n) is 2.99.